The molecular weight excluding hydrogens is 416 g/mol. The van der Waals surface area contributed by atoms with Crippen LogP contribution >= 0.6 is 11.6 Å². The summed E-state index contributed by atoms with van der Waals surface area (Å²) in [5.74, 6) is -3.18. The van der Waals surface area contributed by atoms with Crippen LogP contribution in [0.1, 0.15) is 13.8 Å². The zero-order chi connectivity index (χ0) is 20.7. The summed E-state index contributed by atoms with van der Waals surface area (Å²) < 4.78 is 33.4. The molecule has 28 heavy (non-hydrogen) atoms. The van der Waals surface area contributed by atoms with Crippen molar-refractivity contribution in [3.8, 4) is 11.4 Å². The number of H-pyrrole nitrogens is 1. The molecule has 1 fully saturated rings. The number of carbonyl (C=O) groups excluding carboxylic acids is 2. The number of primary sulfonamides is 1. The third-order valence-electron chi connectivity index (χ3n) is 3.45. The fourth-order valence-corrected chi connectivity index (χ4v) is 3.38. The van der Waals surface area contributed by atoms with Gasteiger partial charge in [-0.2, -0.15) is 5.21 Å². The number of nitrogens with one attached hydrogen (secondary N) is 2. The largest absolute Gasteiger partial charge is 0.419 e. The van der Waals surface area contributed by atoms with Gasteiger partial charge in [0.25, 0.3) is 5.79 Å². The van der Waals surface area contributed by atoms with Crippen molar-refractivity contribution in [3.05, 3.63) is 28.9 Å². The van der Waals surface area contributed by atoms with E-state index >= 15 is 0 Å². The number of nitrogens with zero attached hydrogens (tertiary/aromatic N) is 3. The minimum Gasteiger partial charge on any atom is -0.419 e. The van der Waals surface area contributed by atoms with Crippen molar-refractivity contribution in [2.45, 2.75) is 24.5 Å². The average Bonchev–Trinajstić information content (AvgIpc) is 3.06. The number of benzene rings is 1. The molecule has 4 N–H and O–H groups in total. The summed E-state index contributed by atoms with van der Waals surface area (Å²) in [6.45, 7) is 2.82. The Bertz CT molecular complexity index is 1070. The smallest absolute Gasteiger partial charge is 0.350 e. The number of aromatic nitrogens is 4. The summed E-state index contributed by atoms with van der Waals surface area (Å²) in [6, 6.07) is 2.34. The van der Waals surface area contributed by atoms with Crippen LogP contribution < -0.4 is 10.5 Å². The first-order chi connectivity index (χ1) is 13.0. The van der Waals surface area contributed by atoms with Crippen LogP contribution in [0, 0.1) is 0 Å². The fraction of sp³-hybridized carbons (Fsp3) is 0.214. The van der Waals surface area contributed by atoms with Gasteiger partial charge in [-0.15, -0.1) is 10.2 Å². The number of tetrazole rings is 1. The summed E-state index contributed by atoms with van der Waals surface area (Å²) in [7, 11) is -4.14. The lowest BCUT2D eigenvalue weighted by atomic mass is 10.1. The van der Waals surface area contributed by atoms with E-state index in [-0.39, 0.29) is 27.0 Å². The number of cyclic esters (lactones) is 2. The maximum absolute atomic E-state index is 12.0. The quantitative estimate of drug-likeness (QED) is 0.348. The number of ether oxygens (including phenoxy) is 2. The number of halogens is 1. The summed E-state index contributed by atoms with van der Waals surface area (Å²) in [5, 5.41) is 20.8. The zero-order valence-corrected chi connectivity index (χ0v) is 16.0. The number of hydrogen-bond donors (Lipinski definition) is 3. The van der Waals surface area contributed by atoms with Gasteiger partial charge in [-0.25, -0.2) is 23.1 Å². The normalized spacial score (nSPS) is 16.4. The minimum atomic E-state index is -4.14. The highest BCUT2D eigenvalue weighted by Gasteiger charge is 2.39. The summed E-state index contributed by atoms with van der Waals surface area (Å²) >= 11 is 6.00. The molecule has 1 saturated heterocycles. The Kier molecular flexibility index (Phi) is 4.82. The number of aromatic amines is 1. The molecule has 3 rings (SSSR count). The van der Waals surface area contributed by atoms with Crippen molar-refractivity contribution in [1.29, 1.82) is 0 Å². The number of anilines is 1. The molecule has 0 saturated carbocycles. The number of carbonyl (C=O) groups is 2. The lowest BCUT2D eigenvalue weighted by Gasteiger charge is -2.29. The van der Waals surface area contributed by atoms with Gasteiger partial charge in [0.15, 0.2) is 5.57 Å². The van der Waals surface area contributed by atoms with Crippen molar-refractivity contribution in [3.63, 3.8) is 0 Å². The van der Waals surface area contributed by atoms with Gasteiger partial charge in [-0.1, -0.05) is 11.6 Å². The van der Waals surface area contributed by atoms with Gasteiger partial charge in [0.1, 0.15) is 4.90 Å². The van der Waals surface area contributed by atoms with Crippen LogP contribution in [0.15, 0.2) is 28.8 Å². The van der Waals surface area contributed by atoms with Crippen LogP contribution in [0.5, 0.6) is 0 Å². The van der Waals surface area contributed by atoms with E-state index < -0.39 is 33.3 Å². The van der Waals surface area contributed by atoms with Gasteiger partial charge in [-0.3, -0.25) is 0 Å². The molecule has 0 unspecified atom stereocenters. The Labute approximate surface area is 163 Å². The molecule has 12 nitrogen and oxygen atoms in total. The highest BCUT2D eigenvalue weighted by atomic mass is 35.5. The maximum atomic E-state index is 12.0. The van der Waals surface area contributed by atoms with E-state index in [1.165, 1.54) is 19.9 Å². The molecule has 0 atom stereocenters. The predicted octanol–water partition coefficient (Wildman–Crippen LogP) is 0.299. The first-order valence-corrected chi connectivity index (χ1v) is 9.44. The topological polar surface area (TPSA) is 179 Å². The van der Waals surface area contributed by atoms with Crippen LogP contribution in [-0.2, 0) is 29.1 Å². The molecular formula is C14H13ClN6O6S. The number of sulfonamides is 1. The summed E-state index contributed by atoms with van der Waals surface area (Å²) in [4.78, 5) is 23.7. The Balaban J connectivity index is 2.04. The predicted molar refractivity (Wildman–Crippen MR) is 94.0 cm³/mol. The van der Waals surface area contributed by atoms with Crippen molar-refractivity contribution >= 4 is 39.3 Å². The third-order valence-corrected chi connectivity index (χ3v) is 4.83. The van der Waals surface area contributed by atoms with E-state index in [0.717, 1.165) is 12.3 Å². The molecule has 2 aromatic rings. The van der Waals surface area contributed by atoms with E-state index in [0.29, 0.717) is 0 Å². The second kappa shape index (κ2) is 6.85. The Morgan fingerprint density at radius 2 is 1.89 bits per heavy atom. The van der Waals surface area contributed by atoms with Gasteiger partial charge >= 0.3 is 11.9 Å². The Morgan fingerprint density at radius 3 is 2.43 bits per heavy atom. The monoisotopic (exact) mass is 428 g/mol. The molecule has 2 heterocycles. The van der Waals surface area contributed by atoms with Crippen molar-refractivity contribution in [1.82, 2.24) is 20.6 Å². The standard InChI is InChI=1S/C14H13ClN6O6S/c1-14(2)26-12(22)7(13(23)27-14)5-17-9-4-8(15)10(28(16,24)25)3-6(9)11-18-20-21-19-11/h3-5,17H,1-2H3,(H2,16,24,25)(H,18,19,20,21). The van der Waals surface area contributed by atoms with Crippen LogP contribution in [0.3, 0.4) is 0 Å². The molecule has 0 amide bonds. The number of hydrogen-bond acceptors (Lipinski definition) is 10. The van der Waals surface area contributed by atoms with Crippen molar-refractivity contribution in [2.75, 3.05) is 5.32 Å². The van der Waals surface area contributed by atoms with E-state index in [2.05, 4.69) is 25.9 Å². The molecule has 0 bridgehead atoms. The van der Waals surface area contributed by atoms with Gasteiger partial charge in [-0.05, 0) is 17.3 Å². The highest BCUT2D eigenvalue weighted by Crippen LogP contribution is 2.33. The van der Waals surface area contributed by atoms with Gasteiger partial charge in [0, 0.05) is 25.6 Å². The Morgan fingerprint density at radius 1 is 1.25 bits per heavy atom. The van der Waals surface area contributed by atoms with Crippen molar-refractivity contribution < 1.29 is 27.5 Å². The maximum Gasteiger partial charge on any atom is 0.350 e. The summed E-state index contributed by atoms with van der Waals surface area (Å²) in [6.07, 6.45) is 1.03. The summed E-state index contributed by atoms with van der Waals surface area (Å²) in [5.41, 5.74) is -0.112. The average molecular weight is 429 g/mol. The molecule has 1 aliphatic heterocycles. The van der Waals surface area contributed by atoms with E-state index in [9.17, 15) is 18.0 Å². The SMILES string of the molecule is CC1(C)OC(=O)C(=CNc2cc(Cl)c(S(N)(=O)=O)cc2-c2nn[nH]n2)C(=O)O1. The molecule has 1 aromatic heterocycles. The fourth-order valence-electron chi connectivity index (χ4n) is 2.28. The Hall–Kier alpha value is -3.03. The minimum absolute atomic E-state index is 0.0115. The molecule has 0 aliphatic carbocycles. The second-order valence-electron chi connectivity index (χ2n) is 5.99. The first-order valence-electron chi connectivity index (χ1n) is 7.51. The second-order valence-corrected chi connectivity index (χ2v) is 7.93. The van der Waals surface area contributed by atoms with Gasteiger partial charge < -0.3 is 14.8 Å². The van der Waals surface area contributed by atoms with E-state index in [4.69, 9.17) is 26.2 Å². The molecule has 1 aliphatic rings. The molecule has 0 spiro atoms. The van der Waals surface area contributed by atoms with E-state index in [1.807, 2.05) is 0 Å². The zero-order valence-electron chi connectivity index (χ0n) is 14.4. The number of nitrogens with two attached hydrogens (primary N) is 1. The molecule has 1 aromatic carbocycles. The third kappa shape index (κ3) is 3.95. The van der Waals surface area contributed by atoms with E-state index in [1.54, 1.807) is 0 Å². The lowest BCUT2D eigenvalue weighted by molar-refractivity contribution is -0.222. The number of rotatable bonds is 4. The van der Waals surface area contributed by atoms with Crippen LogP contribution in [0.4, 0.5) is 5.69 Å². The van der Waals surface area contributed by atoms with Crippen molar-refractivity contribution in [2.24, 2.45) is 5.14 Å². The first kappa shape index (κ1) is 19.7. The molecule has 148 valence electrons. The van der Waals surface area contributed by atoms with Gasteiger partial charge in [0.05, 0.1) is 10.7 Å². The van der Waals surface area contributed by atoms with Gasteiger partial charge in [0.2, 0.25) is 15.8 Å². The lowest BCUT2D eigenvalue weighted by Crippen LogP contribution is -2.42. The van der Waals surface area contributed by atoms with Crippen LogP contribution in [0.2, 0.25) is 5.02 Å². The van der Waals surface area contributed by atoms with Crippen LogP contribution in [0.25, 0.3) is 11.4 Å². The molecule has 14 heteroatoms. The number of esters is 2. The highest BCUT2D eigenvalue weighted by molar-refractivity contribution is 7.89. The van der Waals surface area contributed by atoms with Crippen LogP contribution in [-0.4, -0.2) is 46.8 Å². The molecule has 0 radical (unpaired) electrons.